The Morgan fingerprint density at radius 2 is 2.17 bits per heavy atom. The third-order valence-electron chi connectivity index (χ3n) is 4.23. The molecule has 6 heteroatoms. The maximum absolute atomic E-state index is 13.5. The van der Waals surface area contributed by atoms with E-state index in [9.17, 15) is 4.39 Å². The number of hydrogen-bond donors (Lipinski definition) is 0. The van der Waals surface area contributed by atoms with Gasteiger partial charge in [0.05, 0.1) is 11.7 Å². The van der Waals surface area contributed by atoms with Crippen LogP contribution >= 0.6 is 11.6 Å². The van der Waals surface area contributed by atoms with E-state index in [1.807, 2.05) is 17.7 Å². The van der Waals surface area contributed by atoms with Crippen molar-refractivity contribution in [3.63, 3.8) is 0 Å². The van der Waals surface area contributed by atoms with Gasteiger partial charge in [0.2, 0.25) is 5.95 Å². The molecular weight excluding hydrogens is 315 g/mol. The van der Waals surface area contributed by atoms with E-state index in [1.54, 1.807) is 6.07 Å². The van der Waals surface area contributed by atoms with Crippen LogP contribution in [0.4, 0.5) is 10.2 Å². The molecule has 0 saturated carbocycles. The SMILES string of the molecule is Cc1nn(CC(C)C)c(Cl)c1C1CCCN1c1cccc(F)n1. The molecule has 23 heavy (non-hydrogen) atoms. The van der Waals surface area contributed by atoms with Crippen LogP contribution in [0.1, 0.15) is 44.0 Å². The van der Waals surface area contributed by atoms with Crippen molar-refractivity contribution in [3.05, 3.63) is 40.6 Å². The van der Waals surface area contributed by atoms with Gasteiger partial charge in [0.1, 0.15) is 11.0 Å². The molecule has 3 heterocycles. The third kappa shape index (κ3) is 3.20. The minimum atomic E-state index is -0.452. The van der Waals surface area contributed by atoms with Gasteiger partial charge >= 0.3 is 0 Å². The van der Waals surface area contributed by atoms with E-state index >= 15 is 0 Å². The molecule has 1 aliphatic heterocycles. The molecule has 0 N–H and O–H groups in total. The van der Waals surface area contributed by atoms with Gasteiger partial charge in [-0.25, -0.2) is 4.98 Å². The normalized spacial score (nSPS) is 18.2. The molecule has 0 amide bonds. The average Bonchev–Trinajstić information content (AvgIpc) is 3.04. The van der Waals surface area contributed by atoms with Gasteiger partial charge in [0, 0.05) is 18.7 Å². The van der Waals surface area contributed by atoms with Crippen molar-refractivity contribution in [2.24, 2.45) is 5.92 Å². The fourth-order valence-corrected chi connectivity index (χ4v) is 3.68. The highest BCUT2D eigenvalue weighted by molar-refractivity contribution is 6.30. The van der Waals surface area contributed by atoms with E-state index in [4.69, 9.17) is 11.6 Å². The Bertz CT molecular complexity index is 698. The van der Waals surface area contributed by atoms with Crippen molar-refractivity contribution in [2.75, 3.05) is 11.4 Å². The molecule has 1 saturated heterocycles. The Morgan fingerprint density at radius 3 is 2.87 bits per heavy atom. The van der Waals surface area contributed by atoms with Gasteiger partial charge in [0.15, 0.2) is 0 Å². The minimum Gasteiger partial charge on any atom is -0.349 e. The second-order valence-electron chi connectivity index (χ2n) is 6.54. The van der Waals surface area contributed by atoms with Crippen LogP contribution in [0, 0.1) is 18.8 Å². The molecule has 1 fully saturated rings. The second kappa shape index (κ2) is 6.48. The molecule has 0 aromatic carbocycles. The zero-order valence-electron chi connectivity index (χ0n) is 13.8. The highest BCUT2D eigenvalue weighted by atomic mass is 35.5. The average molecular weight is 337 g/mol. The van der Waals surface area contributed by atoms with Crippen molar-refractivity contribution in [2.45, 2.75) is 46.2 Å². The largest absolute Gasteiger partial charge is 0.349 e. The van der Waals surface area contributed by atoms with Crippen molar-refractivity contribution in [1.29, 1.82) is 0 Å². The topological polar surface area (TPSA) is 34.0 Å². The Morgan fingerprint density at radius 1 is 1.39 bits per heavy atom. The molecule has 1 aliphatic rings. The van der Waals surface area contributed by atoms with Crippen LogP contribution in [0.15, 0.2) is 18.2 Å². The number of nitrogens with zero attached hydrogens (tertiary/aromatic N) is 4. The number of aromatic nitrogens is 3. The summed E-state index contributed by atoms with van der Waals surface area (Å²) in [7, 11) is 0. The number of halogens is 2. The minimum absolute atomic E-state index is 0.109. The molecule has 2 aromatic heterocycles. The molecule has 0 bridgehead atoms. The van der Waals surface area contributed by atoms with Gasteiger partial charge in [-0.2, -0.15) is 9.49 Å². The maximum Gasteiger partial charge on any atom is 0.214 e. The first-order valence-corrected chi connectivity index (χ1v) is 8.47. The summed E-state index contributed by atoms with van der Waals surface area (Å²) >= 11 is 6.62. The summed E-state index contributed by atoms with van der Waals surface area (Å²) in [6.45, 7) is 7.93. The van der Waals surface area contributed by atoms with Gasteiger partial charge in [-0.1, -0.05) is 31.5 Å². The Hall–Kier alpha value is -1.62. The lowest BCUT2D eigenvalue weighted by molar-refractivity contribution is 0.481. The standard InChI is InChI=1S/C17H22ClFN4/c1-11(2)10-23-17(18)16(12(3)21-23)13-6-5-9-22(13)15-8-4-7-14(19)20-15/h4,7-8,11,13H,5-6,9-10H2,1-3H3. The number of hydrogen-bond acceptors (Lipinski definition) is 3. The van der Waals surface area contributed by atoms with E-state index in [2.05, 4.69) is 28.8 Å². The Labute approximate surface area is 141 Å². The lowest BCUT2D eigenvalue weighted by Crippen LogP contribution is -2.24. The Balaban J connectivity index is 1.96. The van der Waals surface area contributed by atoms with Crippen LogP contribution in [0.3, 0.4) is 0 Å². The zero-order chi connectivity index (χ0) is 16.6. The summed E-state index contributed by atoms with van der Waals surface area (Å²) in [6, 6.07) is 5.03. The predicted octanol–water partition coefficient (Wildman–Crippen LogP) is 4.38. The first-order chi connectivity index (χ1) is 11.0. The number of aryl methyl sites for hydroxylation is 1. The quantitative estimate of drug-likeness (QED) is 0.777. The van der Waals surface area contributed by atoms with Crippen LogP contribution in [0.2, 0.25) is 5.15 Å². The highest BCUT2D eigenvalue weighted by Crippen LogP contribution is 2.39. The molecule has 1 atom stereocenters. The predicted molar refractivity (Wildman–Crippen MR) is 90.3 cm³/mol. The summed E-state index contributed by atoms with van der Waals surface area (Å²) in [4.78, 5) is 6.17. The first kappa shape index (κ1) is 16.2. The van der Waals surface area contributed by atoms with Crippen LogP contribution in [-0.2, 0) is 6.54 Å². The highest BCUT2D eigenvalue weighted by Gasteiger charge is 2.32. The van der Waals surface area contributed by atoms with Gasteiger partial charge in [-0.15, -0.1) is 0 Å². The third-order valence-corrected chi connectivity index (χ3v) is 4.63. The van der Waals surface area contributed by atoms with Crippen LogP contribution in [0.5, 0.6) is 0 Å². The summed E-state index contributed by atoms with van der Waals surface area (Å²) < 4.78 is 15.4. The zero-order valence-corrected chi connectivity index (χ0v) is 14.5. The van der Waals surface area contributed by atoms with E-state index in [0.29, 0.717) is 16.9 Å². The smallest absolute Gasteiger partial charge is 0.214 e. The molecule has 3 rings (SSSR count). The molecule has 4 nitrogen and oxygen atoms in total. The maximum atomic E-state index is 13.5. The fraction of sp³-hybridized carbons (Fsp3) is 0.529. The molecule has 0 aliphatic carbocycles. The fourth-order valence-electron chi connectivity index (χ4n) is 3.31. The molecule has 124 valence electrons. The van der Waals surface area contributed by atoms with Crippen LogP contribution in [0.25, 0.3) is 0 Å². The van der Waals surface area contributed by atoms with Gasteiger partial charge in [0.25, 0.3) is 0 Å². The summed E-state index contributed by atoms with van der Waals surface area (Å²) in [5.74, 6) is 0.690. The molecule has 2 aromatic rings. The van der Waals surface area contributed by atoms with E-state index in [-0.39, 0.29) is 6.04 Å². The van der Waals surface area contributed by atoms with E-state index < -0.39 is 5.95 Å². The molecule has 0 spiro atoms. The van der Waals surface area contributed by atoms with Crippen LogP contribution < -0.4 is 4.90 Å². The molecule has 1 unspecified atom stereocenters. The first-order valence-electron chi connectivity index (χ1n) is 8.09. The van der Waals surface area contributed by atoms with Gasteiger partial charge in [-0.05, 0) is 37.8 Å². The number of anilines is 1. The Kier molecular flexibility index (Phi) is 4.57. The lowest BCUT2D eigenvalue weighted by Gasteiger charge is -2.26. The van der Waals surface area contributed by atoms with E-state index in [1.165, 1.54) is 6.07 Å². The monoisotopic (exact) mass is 336 g/mol. The summed E-state index contributed by atoms with van der Waals surface area (Å²) in [5.41, 5.74) is 2.00. The van der Waals surface area contributed by atoms with E-state index in [0.717, 1.165) is 37.2 Å². The summed E-state index contributed by atoms with van der Waals surface area (Å²) in [5, 5.41) is 5.30. The van der Waals surface area contributed by atoms with Crippen molar-refractivity contribution in [3.8, 4) is 0 Å². The second-order valence-corrected chi connectivity index (χ2v) is 6.89. The lowest BCUT2D eigenvalue weighted by atomic mass is 10.1. The van der Waals surface area contributed by atoms with Gasteiger partial charge in [-0.3, -0.25) is 4.68 Å². The molecule has 0 radical (unpaired) electrons. The van der Waals surface area contributed by atoms with Crippen LogP contribution in [-0.4, -0.2) is 21.3 Å². The van der Waals surface area contributed by atoms with Crippen molar-refractivity contribution >= 4 is 17.4 Å². The summed E-state index contributed by atoms with van der Waals surface area (Å²) in [6.07, 6.45) is 2.01. The number of pyridine rings is 1. The molecular formula is C17H22ClFN4. The van der Waals surface area contributed by atoms with Crippen molar-refractivity contribution in [1.82, 2.24) is 14.8 Å². The van der Waals surface area contributed by atoms with Crippen molar-refractivity contribution < 1.29 is 4.39 Å². The van der Waals surface area contributed by atoms with Gasteiger partial charge < -0.3 is 4.90 Å². The number of rotatable bonds is 4.